The first-order chi connectivity index (χ1) is 21.5. The van der Waals surface area contributed by atoms with Gasteiger partial charge in [0.05, 0.1) is 4.90 Å². The van der Waals surface area contributed by atoms with Crippen molar-refractivity contribution < 1.29 is 27.9 Å². The molecule has 0 aromatic heterocycles. The van der Waals surface area contributed by atoms with Crippen LogP contribution >= 0.6 is 0 Å². The van der Waals surface area contributed by atoms with E-state index in [1.807, 2.05) is 30.3 Å². The van der Waals surface area contributed by atoms with Gasteiger partial charge in [-0.25, -0.2) is 13.2 Å². The SMILES string of the molecule is CC(=N)CCCCCC(=O)Cc1ccc(CC(NC(=O)[C@@H]2CCCN2S(=O)(=O)c2ccc(-c3ccccc3)cc2)C(=O)O)cc1. The van der Waals surface area contributed by atoms with Crippen molar-refractivity contribution in [3.8, 4) is 11.1 Å². The van der Waals surface area contributed by atoms with Gasteiger partial charge in [0.15, 0.2) is 0 Å². The largest absolute Gasteiger partial charge is 0.480 e. The first-order valence-electron chi connectivity index (χ1n) is 15.4. The number of benzene rings is 3. The van der Waals surface area contributed by atoms with Gasteiger partial charge in [-0.3, -0.25) is 9.59 Å². The third-order valence-corrected chi connectivity index (χ3v) is 9.98. The van der Waals surface area contributed by atoms with Crippen molar-refractivity contribution in [3.63, 3.8) is 0 Å². The Morgan fingerprint density at radius 3 is 2.16 bits per heavy atom. The van der Waals surface area contributed by atoms with Gasteiger partial charge in [0.1, 0.15) is 17.9 Å². The minimum atomic E-state index is -3.99. The predicted molar refractivity (Wildman–Crippen MR) is 174 cm³/mol. The molecule has 0 aliphatic carbocycles. The summed E-state index contributed by atoms with van der Waals surface area (Å²) in [4.78, 5) is 37.8. The molecule has 1 heterocycles. The molecular formula is C35H41N3O6S. The molecule has 1 unspecified atom stereocenters. The van der Waals surface area contributed by atoms with Crippen LogP contribution in [0.3, 0.4) is 0 Å². The molecule has 3 N–H and O–H groups in total. The monoisotopic (exact) mass is 631 g/mol. The van der Waals surface area contributed by atoms with Crippen LogP contribution in [0.25, 0.3) is 11.1 Å². The molecule has 1 amide bonds. The summed E-state index contributed by atoms with van der Waals surface area (Å²) in [6.07, 6.45) is 4.96. The first-order valence-corrected chi connectivity index (χ1v) is 16.8. The van der Waals surface area contributed by atoms with Crippen molar-refractivity contribution >= 4 is 33.4 Å². The Morgan fingerprint density at radius 2 is 1.51 bits per heavy atom. The fourth-order valence-corrected chi connectivity index (χ4v) is 7.23. The van der Waals surface area contributed by atoms with Gasteiger partial charge < -0.3 is 15.8 Å². The van der Waals surface area contributed by atoms with Crippen molar-refractivity contribution in [3.05, 3.63) is 90.0 Å². The summed E-state index contributed by atoms with van der Waals surface area (Å²) in [5, 5.41) is 19.9. The van der Waals surface area contributed by atoms with Gasteiger partial charge in [0.25, 0.3) is 0 Å². The topological polar surface area (TPSA) is 145 Å². The van der Waals surface area contributed by atoms with E-state index in [1.54, 1.807) is 43.3 Å². The van der Waals surface area contributed by atoms with E-state index in [0.29, 0.717) is 37.0 Å². The predicted octanol–water partition coefficient (Wildman–Crippen LogP) is 5.42. The maximum atomic E-state index is 13.5. The molecule has 1 aliphatic rings. The van der Waals surface area contributed by atoms with Crippen LogP contribution in [0.1, 0.15) is 63.0 Å². The summed E-state index contributed by atoms with van der Waals surface area (Å²) in [7, 11) is -3.99. The normalized spacial score (nSPS) is 15.8. The van der Waals surface area contributed by atoms with Crippen LogP contribution in [-0.2, 0) is 37.2 Å². The fraction of sp³-hybridized carbons (Fsp3) is 0.371. The van der Waals surface area contributed by atoms with E-state index >= 15 is 0 Å². The highest BCUT2D eigenvalue weighted by atomic mass is 32.2. The van der Waals surface area contributed by atoms with Crippen LogP contribution < -0.4 is 5.32 Å². The van der Waals surface area contributed by atoms with Gasteiger partial charge in [-0.2, -0.15) is 4.31 Å². The Kier molecular flexibility index (Phi) is 11.8. The van der Waals surface area contributed by atoms with Crippen LogP contribution in [0.5, 0.6) is 0 Å². The number of hydrogen-bond donors (Lipinski definition) is 3. The van der Waals surface area contributed by atoms with Gasteiger partial charge in [-0.05, 0) is 73.4 Å². The number of carboxylic acids is 1. The van der Waals surface area contributed by atoms with Crippen molar-refractivity contribution in [2.45, 2.75) is 81.7 Å². The van der Waals surface area contributed by atoms with Crippen molar-refractivity contribution in [1.82, 2.24) is 9.62 Å². The quantitative estimate of drug-likeness (QED) is 0.142. The molecule has 1 saturated heterocycles. The van der Waals surface area contributed by atoms with Crippen molar-refractivity contribution in [1.29, 1.82) is 5.41 Å². The Labute approximate surface area is 265 Å². The van der Waals surface area contributed by atoms with Crippen LogP contribution in [0.15, 0.2) is 83.8 Å². The van der Waals surface area contributed by atoms with Crippen molar-refractivity contribution in [2.24, 2.45) is 0 Å². The number of hydrogen-bond acceptors (Lipinski definition) is 6. The third-order valence-electron chi connectivity index (χ3n) is 8.06. The number of aliphatic carboxylic acids is 1. The Morgan fingerprint density at radius 1 is 0.889 bits per heavy atom. The molecule has 9 nitrogen and oxygen atoms in total. The number of carbonyl (C=O) groups excluding carboxylic acids is 2. The maximum absolute atomic E-state index is 13.5. The van der Waals surface area contributed by atoms with Crippen LogP contribution in [0.4, 0.5) is 0 Å². The zero-order valence-corrected chi connectivity index (χ0v) is 26.4. The van der Waals surface area contributed by atoms with Crippen LogP contribution in [-0.4, -0.2) is 59.8 Å². The molecule has 4 rings (SSSR count). The number of Topliss-reactive ketones (excluding diaryl/α,β-unsaturated/α-hetero) is 1. The van der Waals surface area contributed by atoms with E-state index in [4.69, 9.17) is 5.41 Å². The fourth-order valence-electron chi connectivity index (χ4n) is 5.58. The average Bonchev–Trinajstić information content (AvgIpc) is 3.53. The number of rotatable bonds is 16. The number of ketones is 1. The summed E-state index contributed by atoms with van der Waals surface area (Å²) in [6.45, 7) is 1.95. The number of carbonyl (C=O) groups is 3. The highest BCUT2D eigenvalue weighted by Gasteiger charge is 2.40. The zero-order chi connectivity index (χ0) is 32.4. The Hall–Kier alpha value is -4.15. The maximum Gasteiger partial charge on any atom is 0.326 e. The van der Waals surface area contributed by atoms with Crippen molar-refractivity contribution in [2.75, 3.05) is 6.54 Å². The molecule has 45 heavy (non-hydrogen) atoms. The molecule has 3 aromatic carbocycles. The number of sulfonamides is 1. The van der Waals surface area contributed by atoms with Gasteiger partial charge in [-0.15, -0.1) is 0 Å². The van der Waals surface area contributed by atoms with Crippen LogP contribution in [0, 0.1) is 5.41 Å². The second kappa shape index (κ2) is 15.7. The highest BCUT2D eigenvalue weighted by molar-refractivity contribution is 7.89. The summed E-state index contributed by atoms with van der Waals surface area (Å²) >= 11 is 0. The van der Waals surface area contributed by atoms with Crippen LogP contribution in [0.2, 0.25) is 0 Å². The molecule has 0 spiro atoms. The summed E-state index contributed by atoms with van der Waals surface area (Å²) < 4.78 is 28.2. The minimum absolute atomic E-state index is 0.0160. The average molecular weight is 632 g/mol. The van der Waals surface area contributed by atoms with E-state index in [9.17, 15) is 27.9 Å². The molecule has 0 bridgehead atoms. The summed E-state index contributed by atoms with van der Waals surface area (Å²) in [6, 6.07) is 21.0. The number of nitrogens with zero attached hydrogens (tertiary/aromatic N) is 1. The molecular weight excluding hydrogens is 590 g/mol. The molecule has 1 fully saturated rings. The lowest BCUT2D eigenvalue weighted by molar-refractivity contribution is -0.142. The Bertz CT molecular complexity index is 1590. The van der Waals surface area contributed by atoms with E-state index < -0.39 is 34.0 Å². The van der Waals surface area contributed by atoms with E-state index in [1.165, 1.54) is 16.4 Å². The lowest BCUT2D eigenvalue weighted by atomic mass is 10.00. The molecule has 0 saturated carbocycles. The molecule has 0 radical (unpaired) electrons. The number of nitrogens with one attached hydrogen (secondary N) is 2. The molecule has 10 heteroatoms. The Balaban J connectivity index is 1.34. The summed E-state index contributed by atoms with van der Waals surface area (Å²) in [5.41, 5.74) is 3.99. The smallest absolute Gasteiger partial charge is 0.326 e. The van der Waals surface area contributed by atoms with Gasteiger partial charge in [0.2, 0.25) is 15.9 Å². The lowest BCUT2D eigenvalue weighted by Gasteiger charge is -2.25. The zero-order valence-electron chi connectivity index (χ0n) is 25.6. The molecule has 3 aromatic rings. The van der Waals surface area contributed by atoms with Gasteiger partial charge in [0, 0.05) is 31.5 Å². The third kappa shape index (κ3) is 9.42. The highest BCUT2D eigenvalue weighted by Crippen LogP contribution is 2.28. The van der Waals surface area contributed by atoms with E-state index in [0.717, 1.165) is 42.4 Å². The minimum Gasteiger partial charge on any atom is -0.480 e. The number of unbranched alkanes of at least 4 members (excludes halogenated alkanes) is 2. The van der Waals surface area contributed by atoms with E-state index in [-0.39, 0.29) is 23.6 Å². The molecule has 2 atom stereocenters. The second-order valence-electron chi connectivity index (χ2n) is 11.6. The van der Waals surface area contributed by atoms with E-state index in [2.05, 4.69) is 5.32 Å². The number of amides is 1. The standard InChI is InChI=1S/C35H41N3O6S/c1-25(36)9-4-2-7-12-30(39)23-26-14-16-27(17-15-26)24-32(35(41)42)37-34(40)33-13-8-22-38(33)45(43,44)31-20-18-29(19-21-31)28-10-5-3-6-11-28/h3,5-6,10-11,14-21,32-33,36H,2,4,7-9,12-13,22-24H2,1H3,(H,37,40)(H,41,42)/t32?,33-/m0/s1. The number of carboxylic acid groups (broad SMARTS) is 1. The van der Waals surface area contributed by atoms with Gasteiger partial charge >= 0.3 is 5.97 Å². The van der Waals surface area contributed by atoms with Gasteiger partial charge in [-0.1, -0.05) is 73.2 Å². The first kappa shape index (κ1) is 33.7. The second-order valence-corrected chi connectivity index (χ2v) is 13.5. The summed E-state index contributed by atoms with van der Waals surface area (Å²) in [5.74, 6) is -1.72. The molecule has 238 valence electrons. The lowest BCUT2D eigenvalue weighted by Crippen LogP contribution is -2.51. The molecule has 1 aliphatic heterocycles.